The highest BCUT2D eigenvalue weighted by Gasteiger charge is 2.31. The maximum Gasteiger partial charge on any atom is 0.322 e. The van der Waals surface area contributed by atoms with E-state index in [1.54, 1.807) is 24.3 Å². The van der Waals surface area contributed by atoms with Gasteiger partial charge in [0.25, 0.3) is 0 Å². The van der Waals surface area contributed by atoms with Crippen molar-refractivity contribution in [2.75, 3.05) is 31.5 Å². The van der Waals surface area contributed by atoms with E-state index in [4.69, 9.17) is 4.74 Å². The smallest absolute Gasteiger partial charge is 0.322 e. The van der Waals surface area contributed by atoms with Crippen molar-refractivity contribution in [3.05, 3.63) is 54.1 Å². The van der Waals surface area contributed by atoms with E-state index in [1.807, 2.05) is 4.90 Å². The minimum Gasteiger partial charge on any atom is -0.455 e. The summed E-state index contributed by atoms with van der Waals surface area (Å²) in [6.45, 7) is 3.65. The molecule has 0 aliphatic carbocycles. The molecule has 2 aromatic carbocycles. The second-order valence-corrected chi connectivity index (χ2v) is 7.27. The van der Waals surface area contributed by atoms with Crippen LogP contribution in [0.3, 0.4) is 0 Å². The molecule has 1 unspecified atom stereocenters. The molecule has 0 radical (unpaired) electrons. The summed E-state index contributed by atoms with van der Waals surface area (Å²) in [6.07, 6.45) is 3.44. The molecule has 2 aliphatic heterocycles. The fourth-order valence-corrected chi connectivity index (χ4v) is 3.90. The van der Waals surface area contributed by atoms with Gasteiger partial charge in [0.1, 0.15) is 17.4 Å². The summed E-state index contributed by atoms with van der Waals surface area (Å²) in [4.78, 5) is 17.0. The first kappa shape index (κ1) is 18.7. The van der Waals surface area contributed by atoms with Crippen LogP contribution < -0.4 is 10.1 Å². The van der Waals surface area contributed by atoms with E-state index in [-0.39, 0.29) is 11.8 Å². The van der Waals surface area contributed by atoms with Crippen molar-refractivity contribution in [3.63, 3.8) is 0 Å². The number of nitrogens with one attached hydrogen (secondary N) is 1. The van der Waals surface area contributed by atoms with Crippen molar-refractivity contribution in [1.82, 2.24) is 9.80 Å². The van der Waals surface area contributed by atoms with Crippen molar-refractivity contribution in [3.8, 4) is 11.5 Å². The van der Waals surface area contributed by atoms with Crippen LogP contribution in [0.1, 0.15) is 19.3 Å². The molecule has 1 N–H and O–H groups in total. The number of benzene rings is 2. The Morgan fingerprint density at radius 1 is 1.04 bits per heavy atom. The summed E-state index contributed by atoms with van der Waals surface area (Å²) in [5, 5.41) is 2.87. The van der Waals surface area contributed by atoms with Crippen molar-refractivity contribution in [2.45, 2.75) is 25.3 Å². The van der Waals surface area contributed by atoms with Crippen LogP contribution in [0.5, 0.6) is 11.5 Å². The summed E-state index contributed by atoms with van der Waals surface area (Å²) >= 11 is 0. The van der Waals surface area contributed by atoms with Crippen LogP contribution in [-0.4, -0.2) is 48.1 Å². The van der Waals surface area contributed by atoms with Crippen LogP contribution in [0.2, 0.25) is 0 Å². The molecule has 2 fully saturated rings. The fraction of sp³-hybridized carbons (Fsp3) is 0.381. The lowest BCUT2D eigenvalue weighted by molar-refractivity contribution is 0.210. The van der Waals surface area contributed by atoms with E-state index in [0.29, 0.717) is 30.6 Å². The number of hydrogen-bond acceptors (Lipinski definition) is 3. The van der Waals surface area contributed by atoms with Gasteiger partial charge in [-0.15, -0.1) is 0 Å². The molecule has 4 rings (SSSR count). The number of para-hydroxylation sites is 2. The molecule has 148 valence electrons. The second-order valence-electron chi connectivity index (χ2n) is 7.27. The van der Waals surface area contributed by atoms with Crippen molar-refractivity contribution in [2.24, 2.45) is 0 Å². The lowest BCUT2D eigenvalue weighted by Gasteiger charge is -2.24. The number of carbonyl (C=O) groups excluding carboxylic acids is 1. The Labute approximate surface area is 162 Å². The molecule has 2 aliphatic rings. The predicted molar refractivity (Wildman–Crippen MR) is 103 cm³/mol. The standard InChI is InChI=1S/C21H23F2N3O2/c22-15-11-16(23)13-18(12-15)28-20-6-2-1-5-19(20)24-21(27)26-10-7-17(14-26)25-8-3-4-9-25/h1-2,5-6,11-13,17H,3-4,7-10,14H2,(H,24,27). The molecule has 7 heteroatoms. The van der Waals surface area contributed by atoms with Crippen molar-refractivity contribution in [1.29, 1.82) is 0 Å². The SMILES string of the molecule is O=C(Nc1ccccc1Oc1cc(F)cc(F)c1)N1CCC(N2CCCC2)C1. The third-order valence-corrected chi connectivity index (χ3v) is 5.30. The van der Waals surface area contributed by atoms with E-state index in [1.165, 1.54) is 12.8 Å². The minimum absolute atomic E-state index is 0.0365. The number of likely N-dealkylation sites (tertiary alicyclic amines) is 2. The van der Waals surface area contributed by atoms with E-state index in [2.05, 4.69) is 10.2 Å². The number of carbonyl (C=O) groups is 1. The molecular formula is C21H23F2N3O2. The van der Waals surface area contributed by atoms with Crippen LogP contribution in [0.4, 0.5) is 19.3 Å². The van der Waals surface area contributed by atoms with Gasteiger partial charge in [0.15, 0.2) is 5.75 Å². The number of amides is 2. The van der Waals surface area contributed by atoms with Gasteiger partial charge < -0.3 is 15.0 Å². The second kappa shape index (κ2) is 8.14. The summed E-state index contributed by atoms with van der Waals surface area (Å²) in [7, 11) is 0. The molecule has 1 atom stereocenters. The highest BCUT2D eigenvalue weighted by molar-refractivity contribution is 5.91. The summed E-state index contributed by atoms with van der Waals surface area (Å²) in [5.74, 6) is -1.08. The third kappa shape index (κ3) is 4.25. The largest absolute Gasteiger partial charge is 0.455 e. The molecule has 2 saturated heterocycles. The molecule has 28 heavy (non-hydrogen) atoms. The van der Waals surface area contributed by atoms with E-state index < -0.39 is 11.6 Å². The van der Waals surface area contributed by atoms with Crippen LogP contribution in [0, 0.1) is 11.6 Å². The van der Waals surface area contributed by atoms with E-state index >= 15 is 0 Å². The van der Waals surface area contributed by atoms with Crippen molar-refractivity contribution < 1.29 is 18.3 Å². The normalized spacial score (nSPS) is 19.8. The Balaban J connectivity index is 1.43. The fourth-order valence-electron chi connectivity index (χ4n) is 3.90. The van der Waals surface area contributed by atoms with Gasteiger partial charge in [0.2, 0.25) is 0 Å². The van der Waals surface area contributed by atoms with Gasteiger partial charge in [-0.1, -0.05) is 12.1 Å². The molecule has 0 saturated carbocycles. The zero-order valence-corrected chi connectivity index (χ0v) is 15.5. The highest BCUT2D eigenvalue weighted by atomic mass is 19.1. The first-order valence-corrected chi connectivity index (χ1v) is 9.61. The van der Waals surface area contributed by atoms with Gasteiger partial charge >= 0.3 is 6.03 Å². The molecule has 0 spiro atoms. The number of ether oxygens (including phenoxy) is 1. The molecule has 2 amide bonds. The predicted octanol–water partition coefficient (Wildman–Crippen LogP) is 4.46. The Kier molecular flexibility index (Phi) is 5.43. The monoisotopic (exact) mass is 387 g/mol. The third-order valence-electron chi connectivity index (χ3n) is 5.30. The first-order chi connectivity index (χ1) is 13.6. The molecule has 5 nitrogen and oxygen atoms in total. The van der Waals surface area contributed by atoms with E-state index in [9.17, 15) is 13.6 Å². The van der Waals surface area contributed by atoms with Gasteiger partial charge in [0, 0.05) is 37.3 Å². The first-order valence-electron chi connectivity index (χ1n) is 9.61. The lowest BCUT2D eigenvalue weighted by atomic mass is 10.2. The van der Waals surface area contributed by atoms with E-state index in [0.717, 1.165) is 37.7 Å². The Hall–Kier alpha value is -2.67. The number of rotatable bonds is 4. The molecule has 0 aromatic heterocycles. The highest BCUT2D eigenvalue weighted by Crippen LogP contribution is 2.31. The molecule has 2 aromatic rings. The maximum atomic E-state index is 13.4. The summed E-state index contributed by atoms with van der Waals surface area (Å²) in [6, 6.07) is 10.1. The van der Waals surface area contributed by atoms with Gasteiger partial charge in [-0.25, -0.2) is 13.6 Å². The zero-order chi connectivity index (χ0) is 19.5. The Morgan fingerprint density at radius 3 is 2.50 bits per heavy atom. The lowest BCUT2D eigenvalue weighted by Crippen LogP contribution is -2.38. The minimum atomic E-state index is -0.721. The number of urea groups is 1. The average Bonchev–Trinajstić information content (AvgIpc) is 3.34. The maximum absolute atomic E-state index is 13.4. The topological polar surface area (TPSA) is 44.8 Å². The van der Waals surface area contributed by atoms with Crippen molar-refractivity contribution >= 4 is 11.7 Å². The number of nitrogens with zero attached hydrogens (tertiary/aromatic N) is 2. The summed E-state index contributed by atoms with van der Waals surface area (Å²) < 4.78 is 32.4. The average molecular weight is 387 g/mol. The van der Waals surface area contributed by atoms with Gasteiger partial charge in [-0.2, -0.15) is 0 Å². The summed E-state index contributed by atoms with van der Waals surface area (Å²) in [5.41, 5.74) is 0.460. The quantitative estimate of drug-likeness (QED) is 0.843. The van der Waals surface area contributed by atoms with Crippen LogP contribution >= 0.6 is 0 Å². The van der Waals surface area contributed by atoms with Gasteiger partial charge in [-0.3, -0.25) is 4.90 Å². The van der Waals surface area contributed by atoms with Crippen LogP contribution in [-0.2, 0) is 0 Å². The Bertz CT molecular complexity index is 835. The van der Waals surface area contributed by atoms with Gasteiger partial charge in [-0.05, 0) is 44.5 Å². The molecule has 0 bridgehead atoms. The Morgan fingerprint density at radius 2 is 1.75 bits per heavy atom. The zero-order valence-electron chi connectivity index (χ0n) is 15.5. The number of anilines is 1. The van der Waals surface area contributed by atoms with Crippen LogP contribution in [0.15, 0.2) is 42.5 Å². The molecular weight excluding hydrogens is 364 g/mol. The number of hydrogen-bond donors (Lipinski definition) is 1. The molecule has 2 heterocycles. The van der Waals surface area contributed by atoms with Crippen LogP contribution in [0.25, 0.3) is 0 Å². The number of halogens is 2. The van der Waals surface area contributed by atoms with Gasteiger partial charge in [0.05, 0.1) is 5.69 Å².